The Labute approximate surface area is 198 Å². The fourth-order valence-corrected chi connectivity index (χ4v) is 3.50. The SMILES string of the molecule is CC(C)CN(CC(=O)N(CCc1ccccc1)Cc1ccco1)C(=O)Nc1ccc(F)cc1F. The van der Waals surface area contributed by atoms with Crippen LogP contribution in [0.1, 0.15) is 25.2 Å². The summed E-state index contributed by atoms with van der Waals surface area (Å²) >= 11 is 0. The molecule has 0 atom stereocenters. The van der Waals surface area contributed by atoms with Gasteiger partial charge in [-0.25, -0.2) is 13.6 Å². The van der Waals surface area contributed by atoms with E-state index in [9.17, 15) is 18.4 Å². The molecule has 34 heavy (non-hydrogen) atoms. The van der Waals surface area contributed by atoms with E-state index in [0.29, 0.717) is 24.8 Å². The first-order valence-electron chi connectivity index (χ1n) is 11.2. The molecule has 8 heteroatoms. The van der Waals surface area contributed by atoms with Gasteiger partial charge >= 0.3 is 6.03 Å². The molecular weight excluding hydrogens is 440 g/mol. The van der Waals surface area contributed by atoms with Crippen molar-refractivity contribution in [1.82, 2.24) is 9.80 Å². The van der Waals surface area contributed by atoms with E-state index in [-0.39, 0.29) is 37.1 Å². The summed E-state index contributed by atoms with van der Waals surface area (Å²) in [5.74, 6) is -1.18. The molecule has 0 aliphatic rings. The van der Waals surface area contributed by atoms with Crippen LogP contribution in [0.25, 0.3) is 0 Å². The maximum atomic E-state index is 14.0. The number of urea groups is 1. The Morgan fingerprint density at radius 2 is 1.76 bits per heavy atom. The van der Waals surface area contributed by atoms with E-state index in [2.05, 4.69) is 5.32 Å². The summed E-state index contributed by atoms with van der Waals surface area (Å²) in [5.41, 5.74) is 0.937. The zero-order chi connectivity index (χ0) is 24.5. The topological polar surface area (TPSA) is 65.8 Å². The molecule has 0 saturated carbocycles. The zero-order valence-electron chi connectivity index (χ0n) is 19.3. The van der Waals surface area contributed by atoms with Gasteiger partial charge in [-0.2, -0.15) is 0 Å². The number of hydrogen-bond acceptors (Lipinski definition) is 3. The van der Waals surface area contributed by atoms with Gasteiger partial charge in [-0.3, -0.25) is 4.79 Å². The normalized spacial score (nSPS) is 10.9. The second-order valence-electron chi connectivity index (χ2n) is 8.46. The summed E-state index contributed by atoms with van der Waals surface area (Å²) in [7, 11) is 0. The number of nitrogens with zero attached hydrogens (tertiary/aromatic N) is 2. The maximum Gasteiger partial charge on any atom is 0.322 e. The van der Waals surface area contributed by atoms with Crippen LogP contribution in [0.5, 0.6) is 0 Å². The van der Waals surface area contributed by atoms with Gasteiger partial charge in [-0.1, -0.05) is 44.2 Å². The molecule has 0 aliphatic carbocycles. The van der Waals surface area contributed by atoms with E-state index in [4.69, 9.17) is 4.42 Å². The van der Waals surface area contributed by atoms with Crippen molar-refractivity contribution in [2.45, 2.75) is 26.8 Å². The summed E-state index contributed by atoms with van der Waals surface area (Å²) in [6, 6.07) is 15.6. The van der Waals surface area contributed by atoms with Crippen molar-refractivity contribution in [3.05, 3.63) is 89.9 Å². The van der Waals surface area contributed by atoms with Gasteiger partial charge in [0.2, 0.25) is 5.91 Å². The number of halogens is 2. The molecule has 0 radical (unpaired) electrons. The summed E-state index contributed by atoms with van der Waals surface area (Å²) in [5, 5.41) is 2.45. The third-order valence-corrected chi connectivity index (χ3v) is 5.16. The van der Waals surface area contributed by atoms with E-state index in [0.717, 1.165) is 17.7 Å². The molecule has 0 fully saturated rings. The first-order chi connectivity index (χ1) is 16.3. The van der Waals surface area contributed by atoms with Crippen molar-refractivity contribution in [2.75, 3.05) is 25.0 Å². The van der Waals surface area contributed by atoms with E-state index >= 15 is 0 Å². The Balaban J connectivity index is 1.72. The van der Waals surface area contributed by atoms with Crippen LogP contribution < -0.4 is 5.32 Å². The minimum Gasteiger partial charge on any atom is -0.467 e. The van der Waals surface area contributed by atoms with Gasteiger partial charge in [0, 0.05) is 19.2 Å². The van der Waals surface area contributed by atoms with Crippen LogP contribution in [0.4, 0.5) is 19.3 Å². The molecule has 1 N–H and O–H groups in total. The lowest BCUT2D eigenvalue weighted by molar-refractivity contribution is -0.132. The molecule has 0 aliphatic heterocycles. The quantitative estimate of drug-likeness (QED) is 0.437. The van der Waals surface area contributed by atoms with Crippen LogP contribution in [0.3, 0.4) is 0 Å². The molecule has 6 nitrogen and oxygen atoms in total. The van der Waals surface area contributed by atoms with E-state index in [1.165, 1.54) is 4.90 Å². The van der Waals surface area contributed by atoms with Crippen molar-refractivity contribution in [2.24, 2.45) is 5.92 Å². The number of benzene rings is 2. The van der Waals surface area contributed by atoms with Crippen molar-refractivity contribution < 1.29 is 22.8 Å². The maximum absolute atomic E-state index is 14.0. The lowest BCUT2D eigenvalue weighted by Crippen LogP contribution is -2.46. The van der Waals surface area contributed by atoms with Crippen molar-refractivity contribution in [3.63, 3.8) is 0 Å². The molecule has 180 valence electrons. The third-order valence-electron chi connectivity index (χ3n) is 5.16. The number of anilines is 1. The predicted molar refractivity (Wildman–Crippen MR) is 126 cm³/mol. The number of rotatable bonds is 10. The number of amides is 3. The fraction of sp³-hybridized carbons (Fsp3) is 0.308. The van der Waals surface area contributed by atoms with Gasteiger partial charge in [0.05, 0.1) is 18.5 Å². The number of nitrogens with one attached hydrogen (secondary N) is 1. The van der Waals surface area contributed by atoms with Crippen molar-refractivity contribution in [1.29, 1.82) is 0 Å². The lowest BCUT2D eigenvalue weighted by Gasteiger charge is -2.28. The van der Waals surface area contributed by atoms with Crippen LogP contribution in [0.15, 0.2) is 71.3 Å². The largest absolute Gasteiger partial charge is 0.467 e. The fourth-order valence-electron chi connectivity index (χ4n) is 3.50. The Morgan fingerprint density at radius 1 is 1.00 bits per heavy atom. The Morgan fingerprint density at radius 3 is 2.41 bits per heavy atom. The van der Waals surface area contributed by atoms with Crippen LogP contribution in [-0.2, 0) is 17.8 Å². The Hall–Kier alpha value is -3.68. The van der Waals surface area contributed by atoms with Gasteiger partial charge in [0.25, 0.3) is 0 Å². The number of furan rings is 1. The average Bonchev–Trinajstić information content (AvgIpc) is 3.31. The van der Waals surface area contributed by atoms with Crippen LogP contribution in [0.2, 0.25) is 0 Å². The number of carbonyl (C=O) groups excluding carboxylic acids is 2. The van der Waals surface area contributed by atoms with Crippen LogP contribution >= 0.6 is 0 Å². The van der Waals surface area contributed by atoms with Gasteiger partial charge in [0.1, 0.15) is 23.9 Å². The second kappa shape index (κ2) is 12.0. The molecule has 1 heterocycles. The van der Waals surface area contributed by atoms with E-state index in [1.807, 2.05) is 44.2 Å². The van der Waals surface area contributed by atoms with Crippen LogP contribution in [0, 0.1) is 17.6 Å². The summed E-state index contributed by atoms with van der Waals surface area (Å²) < 4.78 is 32.7. The van der Waals surface area contributed by atoms with Crippen molar-refractivity contribution >= 4 is 17.6 Å². The molecule has 0 spiro atoms. The number of hydrogen-bond donors (Lipinski definition) is 1. The molecule has 3 rings (SSSR count). The Kier molecular flexibility index (Phi) is 8.79. The monoisotopic (exact) mass is 469 g/mol. The van der Waals surface area contributed by atoms with Crippen molar-refractivity contribution in [3.8, 4) is 0 Å². The molecule has 3 aromatic rings. The molecular formula is C26H29F2N3O3. The smallest absolute Gasteiger partial charge is 0.322 e. The third kappa shape index (κ3) is 7.43. The summed E-state index contributed by atoms with van der Waals surface area (Å²) in [4.78, 5) is 29.2. The van der Waals surface area contributed by atoms with Gasteiger partial charge in [-0.15, -0.1) is 0 Å². The lowest BCUT2D eigenvalue weighted by atomic mass is 10.1. The van der Waals surface area contributed by atoms with Crippen LogP contribution in [-0.4, -0.2) is 41.4 Å². The molecule has 2 aromatic carbocycles. The molecule has 0 bridgehead atoms. The molecule has 1 aromatic heterocycles. The minimum absolute atomic E-state index is 0.0689. The zero-order valence-corrected chi connectivity index (χ0v) is 19.3. The van der Waals surface area contributed by atoms with Gasteiger partial charge < -0.3 is 19.5 Å². The first kappa shape index (κ1) is 25.0. The average molecular weight is 470 g/mol. The Bertz CT molecular complexity index is 1070. The van der Waals surface area contributed by atoms with E-state index < -0.39 is 17.7 Å². The predicted octanol–water partition coefficient (Wildman–Crippen LogP) is 5.32. The van der Waals surface area contributed by atoms with E-state index in [1.54, 1.807) is 23.3 Å². The molecule has 0 saturated heterocycles. The van der Waals surface area contributed by atoms with Gasteiger partial charge in [0.15, 0.2) is 0 Å². The second-order valence-corrected chi connectivity index (χ2v) is 8.46. The molecule has 0 unspecified atom stereocenters. The standard InChI is InChI=1S/C26H29F2N3O3/c1-19(2)16-31(26(33)29-24-11-10-21(27)15-23(24)28)18-25(32)30(17-22-9-6-14-34-22)13-12-20-7-4-3-5-8-20/h3-11,14-15,19H,12-13,16-18H2,1-2H3,(H,29,33). The highest BCUT2D eigenvalue weighted by Gasteiger charge is 2.23. The highest BCUT2D eigenvalue weighted by atomic mass is 19.1. The minimum atomic E-state index is -0.883. The molecule has 3 amide bonds. The van der Waals surface area contributed by atoms with Gasteiger partial charge in [-0.05, 0) is 42.2 Å². The highest BCUT2D eigenvalue weighted by Crippen LogP contribution is 2.16. The highest BCUT2D eigenvalue weighted by molar-refractivity contribution is 5.92. The summed E-state index contributed by atoms with van der Waals surface area (Å²) in [6.07, 6.45) is 2.19. The number of carbonyl (C=O) groups is 2. The first-order valence-corrected chi connectivity index (χ1v) is 11.2. The summed E-state index contributed by atoms with van der Waals surface area (Å²) in [6.45, 7) is 4.63.